The molecule has 2 aliphatic heterocycles. The van der Waals surface area contributed by atoms with Crippen LogP contribution in [0.2, 0.25) is 10.0 Å². The zero-order chi connectivity index (χ0) is 34.6. The third kappa shape index (κ3) is 6.76. The number of aromatic nitrogens is 2. The van der Waals surface area contributed by atoms with Crippen LogP contribution in [0.3, 0.4) is 0 Å². The van der Waals surface area contributed by atoms with Crippen LogP contribution in [0.15, 0.2) is 46.2 Å². The summed E-state index contributed by atoms with van der Waals surface area (Å²) in [5.41, 5.74) is 2.55. The Morgan fingerprint density at radius 1 is 1.06 bits per heavy atom. The lowest BCUT2D eigenvalue weighted by atomic mass is 9.45. The van der Waals surface area contributed by atoms with Crippen LogP contribution >= 0.6 is 23.2 Å². The molecule has 1 amide bonds. The number of carbonyl (C=O) groups excluding carboxylic acids is 1. The summed E-state index contributed by atoms with van der Waals surface area (Å²) in [6.07, 6.45) is 2.95. The van der Waals surface area contributed by atoms with Crippen molar-refractivity contribution >= 4 is 57.6 Å². The van der Waals surface area contributed by atoms with Gasteiger partial charge in [-0.3, -0.25) is 14.2 Å². The summed E-state index contributed by atoms with van der Waals surface area (Å²) in [5, 5.41) is 8.30. The molecule has 3 aromatic rings. The van der Waals surface area contributed by atoms with Crippen LogP contribution in [0, 0.1) is 23.2 Å². The third-order valence-corrected chi connectivity index (χ3v) is 12.3. The van der Waals surface area contributed by atoms with Gasteiger partial charge in [-0.2, -0.15) is 0 Å². The van der Waals surface area contributed by atoms with Crippen molar-refractivity contribution in [3.05, 3.63) is 62.4 Å². The van der Waals surface area contributed by atoms with E-state index in [1.165, 1.54) is 6.42 Å². The van der Waals surface area contributed by atoms with Gasteiger partial charge >= 0.3 is 0 Å². The maximum atomic E-state index is 14.2. The molecular formula is C37H48Cl2N8O2. The molecule has 2 bridgehead atoms. The third-order valence-electron chi connectivity index (χ3n) is 11.7. The van der Waals surface area contributed by atoms with Crippen molar-refractivity contribution < 1.29 is 4.79 Å². The second-order valence-corrected chi connectivity index (χ2v) is 16.2. The van der Waals surface area contributed by atoms with Gasteiger partial charge in [0.05, 0.1) is 23.5 Å². The fourth-order valence-corrected chi connectivity index (χ4v) is 9.07. The van der Waals surface area contributed by atoms with E-state index in [9.17, 15) is 9.59 Å². The van der Waals surface area contributed by atoms with Crippen molar-refractivity contribution in [3.8, 4) is 0 Å². The van der Waals surface area contributed by atoms with E-state index < -0.39 is 0 Å². The van der Waals surface area contributed by atoms with Gasteiger partial charge in [-0.05, 0) is 92.3 Å². The molecular weight excluding hydrogens is 659 g/mol. The molecule has 5 atom stereocenters. The first-order valence-corrected chi connectivity index (χ1v) is 18.4. The maximum Gasteiger partial charge on any atom is 0.262 e. The number of anilines is 2. The van der Waals surface area contributed by atoms with Crippen molar-refractivity contribution in [1.82, 2.24) is 24.7 Å². The molecule has 12 heteroatoms. The number of benzene rings is 2. The number of hydrogen-bond acceptors (Lipinski definition) is 6. The lowest BCUT2D eigenvalue weighted by Crippen LogP contribution is -2.57. The normalized spacial score (nSPS) is 27.2. The number of fused-ring (bicyclic) bond motifs is 3. The minimum atomic E-state index is -0.152. The number of halogens is 2. The Balaban J connectivity index is 1.23. The molecule has 10 nitrogen and oxygen atoms in total. The first-order chi connectivity index (χ1) is 23.4. The Morgan fingerprint density at radius 2 is 1.84 bits per heavy atom. The van der Waals surface area contributed by atoms with E-state index in [1.807, 2.05) is 36.1 Å². The van der Waals surface area contributed by atoms with Gasteiger partial charge in [-0.25, -0.2) is 9.98 Å². The average molecular weight is 708 g/mol. The smallest absolute Gasteiger partial charge is 0.262 e. The Kier molecular flexibility index (Phi) is 9.34. The Morgan fingerprint density at radius 3 is 2.53 bits per heavy atom. The number of likely N-dealkylation sites (N-methyl/N-ethyl adjacent to an activating group) is 1. The topological polar surface area (TPSA) is 98.1 Å². The van der Waals surface area contributed by atoms with Gasteiger partial charge in [0.25, 0.3) is 5.56 Å². The predicted molar refractivity (Wildman–Crippen MR) is 199 cm³/mol. The SMILES string of the molecule is C[C@@H]1C(N=C(Nc2ccc3c(=O)n(CCc4ccc(Cl)cc4Cl)c(N4CC(=O)N[C@@H](C)C4)nc3c2)N2CCN(C)CC2)C[C@@H]2C[C@H]1C2(C)C. The molecule has 0 spiro atoms. The molecule has 49 heavy (non-hydrogen) atoms. The summed E-state index contributed by atoms with van der Waals surface area (Å²) in [4.78, 5) is 44.0. The van der Waals surface area contributed by atoms with Crippen molar-refractivity contribution in [3.63, 3.8) is 0 Å². The molecule has 5 aliphatic rings. The number of piperazine rings is 2. The van der Waals surface area contributed by atoms with Crippen molar-refractivity contribution in [2.45, 2.75) is 65.6 Å². The number of nitrogens with zero attached hydrogens (tertiary/aromatic N) is 6. The van der Waals surface area contributed by atoms with Crippen molar-refractivity contribution in [1.29, 1.82) is 0 Å². The number of rotatable bonds is 6. The van der Waals surface area contributed by atoms with Gasteiger partial charge in [0.1, 0.15) is 0 Å². The molecule has 0 radical (unpaired) electrons. The minimum absolute atomic E-state index is 0.0813. The Hall–Kier alpha value is -3.34. The number of guanidine groups is 1. The molecule has 262 valence electrons. The van der Waals surface area contributed by atoms with Gasteiger partial charge < -0.3 is 25.3 Å². The Bertz CT molecular complexity index is 1830. The molecule has 5 fully saturated rings. The highest BCUT2D eigenvalue weighted by Gasteiger charge is 2.56. The number of hydrogen-bond donors (Lipinski definition) is 2. The predicted octanol–water partition coefficient (Wildman–Crippen LogP) is 5.36. The quantitative estimate of drug-likeness (QED) is 0.263. The summed E-state index contributed by atoms with van der Waals surface area (Å²) in [6.45, 7) is 14.0. The number of nitrogens with one attached hydrogen (secondary N) is 2. The van der Waals surface area contributed by atoms with Gasteiger partial charge in [-0.1, -0.05) is 50.0 Å². The van der Waals surface area contributed by atoms with E-state index in [2.05, 4.69) is 48.3 Å². The van der Waals surface area contributed by atoms with E-state index in [0.29, 0.717) is 63.7 Å². The molecule has 2 saturated heterocycles. The molecule has 3 heterocycles. The van der Waals surface area contributed by atoms with Crippen LogP contribution in [0.4, 0.5) is 11.6 Å². The van der Waals surface area contributed by atoms with Crippen molar-refractivity contribution in [2.24, 2.45) is 28.2 Å². The second-order valence-electron chi connectivity index (χ2n) is 15.3. The van der Waals surface area contributed by atoms with Gasteiger partial charge in [-0.15, -0.1) is 0 Å². The average Bonchev–Trinajstić information content (AvgIpc) is 3.05. The fourth-order valence-electron chi connectivity index (χ4n) is 8.56. The summed E-state index contributed by atoms with van der Waals surface area (Å²) in [6, 6.07) is 11.4. The standard InChI is InChI=1S/C37H48Cl2N8O2/c1-22-20-46(21-33(48)40-22)36-43-32-19-27(8-9-28(32)34(49)47(36)11-10-24-6-7-26(38)18-30(24)39)41-35(45-14-12-44(5)13-15-45)42-31-17-25-16-29(23(31)2)37(25,3)4/h6-9,18-19,22-23,25,29,31H,10-17,20-21H2,1-5H3,(H,40,48)(H,41,42)/t22-,23-,25-,29+,31?/m0/s1. The van der Waals surface area contributed by atoms with E-state index in [0.717, 1.165) is 55.7 Å². The van der Waals surface area contributed by atoms with E-state index in [4.69, 9.17) is 33.2 Å². The van der Waals surface area contributed by atoms with Gasteiger partial charge in [0.2, 0.25) is 11.9 Å². The molecule has 3 aliphatic carbocycles. The van der Waals surface area contributed by atoms with Crippen LogP contribution < -0.4 is 21.1 Å². The highest BCUT2D eigenvalue weighted by molar-refractivity contribution is 6.35. The molecule has 8 rings (SSSR count). The first-order valence-electron chi connectivity index (χ1n) is 17.7. The zero-order valence-electron chi connectivity index (χ0n) is 29.2. The highest BCUT2D eigenvalue weighted by Crippen LogP contribution is 2.61. The summed E-state index contributed by atoms with van der Waals surface area (Å²) < 4.78 is 1.68. The summed E-state index contributed by atoms with van der Waals surface area (Å²) >= 11 is 12.6. The van der Waals surface area contributed by atoms with E-state index >= 15 is 0 Å². The molecule has 2 aromatic carbocycles. The number of aryl methyl sites for hydroxylation is 1. The van der Waals surface area contributed by atoms with Crippen LogP contribution in [-0.2, 0) is 17.8 Å². The molecule has 1 aromatic heterocycles. The number of carbonyl (C=O) groups is 1. The lowest BCUT2D eigenvalue weighted by Gasteiger charge is -2.61. The van der Waals surface area contributed by atoms with Crippen LogP contribution in [0.1, 0.15) is 46.1 Å². The fraction of sp³-hybridized carbons (Fsp3) is 0.568. The maximum absolute atomic E-state index is 14.2. The number of amides is 1. The van der Waals surface area contributed by atoms with Crippen LogP contribution in [-0.4, -0.2) is 89.6 Å². The molecule has 1 unspecified atom stereocenters. The van der Waals surface area contributed by atoms with Gasteiger partial charge in [0, 0.05) is 61.0 Å². The zero-order valence-corrected chi connectivity index (χ0v) is 30.7. The summed E-state index contributed by atoms with van der Waals surface area (Å²) in [5.74, 6) is 3.23. The molecule has 3 saturated carbocycles. The summed E-state index contributed by atoms with van der Waals surface area (Å²) in [7, 11) is 2.16. The van der Waals surface area contributed by atoms with Crippen LogP contribution in [0.25, 0.3) is 10.9 Å². The van der Waals surface area contributed by atoms with Gasteiger partial charge in [0.15, 0.2) is 5.96 Å². The molecule has 2 N–H and O–H groups in total. The Labute approximate surface area is 298 Å². The van der Waals surface area contributed by atoms with Crippen LogP contribution in [0.5, 0.6) is 0 Å². The lowest BCUT2D eigenvalue weighted by molar-refractivity contribution is -0.121. The first kappa shape index (κ1) is 34.1. The largest absolute Gasteiger partial charge is 0.350 e. The van der Waals surface area contributed by atoms with E-state index in [-0.39, 0.29) is 30.1 Å². The minimum Gasteiger partial charge on any atom is -0.350 e. The highest BCUT2D eigenvalue weighted by atomic mass is 35.5. The second kappa shape index (κ2) is 13.4. The van der Waals surface area contributed by atoms with E-state index in [1.54, 1.807) is 16.7 Å². The number of aliphatic imine (C=N–C) groups is 1. The van der Waals surface area contributed by atoms with Crippen molar-refractivity contribution in [2.75, 3.05) is 56.5 Å². The monoisotopic (exact) mass is 706 g/mol.